The standard InChI is InChI=1S/C17H26FN5O/c1-11-10-15(22-17(19)20-11)23-8-6-12(7-9-23)16(24)21-14-5-3-2-4-13(14)18/h2-5,11-12,15,17,20,22H,6-10,19H2,1H3,(H,21,24). The lowest BCUT2D eigenvalue weighted by Crippen LogP contribution is -2.66. The van der Waals surface area contributed by atoms with Gasteiger partial charge in [-0.05, 0) is 38.3 Å². The molecule has 1 amide bonds. The number of piperidine rings is 1. The van der Waals surface area contributed by atoms with Crippen LogP contribution in [0, 0.1) is 11.7 Å². The van der Waals surface area contributed by atoms with Gasteiger partial charge < -0.3 is 11.1 Å². The van der Waals surface area contributed by atoms with Crippen molar-refractivity contribution < 1.29 is 9.18 Å². The van der Waals surface area contributed by atoms with E-state index in [2.05, 4.69) is 27.8 Å². The van der Waals surface area contributed by atoms with Crippen LogP contribution < -0.4 is 21.7 Å². The van der Waals surface area contributed by atoms with Gasteiger partial charge in [-0.3, -0.25) is 20.3 Å². The van der Waals surface area contributed by atoms with Crippen molar-refractivity contribution in [2.45, 2.75) is 44.7 Å². The Morgan fingerprint density at radius 3 is 2.67 bits per heavy atom. The highest BCUT2D eigenvalue weighted by atomic mass is 19.1. The van der Waals surface area contributed by atoms with Gasteiger partial charge in [0.15, 0.2) is 0 Å². The Morgan fingerprint density at radius 2 is 2.00 bits per heavy atom. The quantitative estimate of drug-likeness (QED) is 0.663. The van der Waals surface area contributed by atoms with Gasteiger partial charge in [0.1, 0.15) is 12.1 Å². The van der Waals surface area contributed by atoms with Gasteiger partial charge in [0.2, 0.25) is 5.91 Å². The number of likely N-dealkylation sites (tertiary alicyclic amines) is 1. The van der Waals surface area contributed by atoms with Gasteiger partial charge in [-0.15, -0.1) is 0 Å². The maximum absolute atomic E-state index is 13.6. The Kier molecular flexibility index (Phi) is 5.45. The van der Waals surface area contributed by atoms with Gasteiger partial charge in [0, 0.05) is 25.0 Å². The molecule has 0 radical (unpaired) electrons. The van der Waals surface area contributed by atoms with Crippen LogP contribution in [0.25, 0.3) is 0 Å². The lowest BCUT2D eigenvalue weighted by Gasteiger charge is -2.43. The Balaban J connectivity index is 1.51. The van der Waals surface area contributed by atoms with E-state index in [1.54, 1.807) is 18.2 Å². The first-order valence-electron chi connectivity index (χ1n) is 8.60. The summed E-state index contributed by atoms with van der Waals surface area (Å²) in [7, 11) is 0. The van der Waals surface area contributed by atoms with E-state index < -0.39 is 5.82 Å². The van der Waals surface area contributed by atoms with Crippen LogP contribution in [0.5, 0.6) is 0 Å². The van der Waals surface area contributed by atoms with Crippen molar-refractivity contribution in [2.75, 3.05) is 18.4 Å². The molecular weight excluding hydrogens is 309 g/mol. The number of hydrogen-bond donors (Lipinski definition) is 4. The number of carbonyl (C=O) groups excluding carboxylic acids is 1. The van der Waals surface area contributed by atoms with Gasteiger partial charge in [-0.25, -0.2) is 4.39 Å². The molecule has 3 unspecified atom stereocenters. The van der Waals surface area contributed by atoms with Crippen LogP contribution in [0.15, 0.2) is 24.3 Å². The first kappa shape index (κ1) is 17.3. The summed E-state index contributed by atoms with van der Waals surface area (Å²) in [6.45, 7) is 3.81. The Morgan fingerprint density at radius 1 is 1.29 bits per heavy atom. The fraction of sp³-hybridized carbons (Fsp3) is 0.588. The molecular formula is C17H26FN5O. The van der Waals surface area contributed by atoms with E-state index in [1.807, 2.05) is 0 Å². The molecule has 2 aliphatic heterocycles. The third-order valence-electron chi connectivity index (χ3n) is 4.89. The predicted molar refractivity (Wildman–Crippen MR) is 91.4 cm³/mol. The minimum absolute atomic E-state index is 0.0753. The fourth-order valence-electron chi connectivity index (χ4n) is 3.56. The van der Waals surface area contributed by atoms with Crippen molar-refractivity contribution in [3.8, 4) is 0 Å². The number of benzene rings is 1. The zero-order valence-electron chi connectivity index (χ0n) is 14.0. The van der Waals surface area contributed by atoms with Crippen LogP contribution in [-0.2, 0) is 4.79 Å². The van der Waals surface area contributed by atoms with E-state index in [0.29, 0.717) is 6.04 Å². The van der Waals surface area contributed by atoms with Crippen LogP contribution in [0.2, 0.25) is 0 Å². The third-order valence-corrected chi connectivity index (χ3v) is 4.89. The highest BCUT2D eigenvalue weighted by molar-refractivity contribution is 5.92. The number of nitrogens with zero attached hydrogens (tertiary/aromatic N) is 1. The lowest BCUT2D eigenvalue weighted by atomic mass is 9.94. The smallest absolute Gasteiger partial charge is 0.227 e. The zero-order chi connectivity index (χ0) is 17.1. The molecule has 0 aliphatic carbocycles. The van der Waals surface area contributed by atoms with Gasteiger partial charge in [0.25, 0.3) is 0 Å². The predicted octanol–water partition coefficient (Wildman–Crippen LogP) is 1.02. The zero-order valence-corrected chi connectivity index (χ0v) is 14.0. The van der Waals surface area contributed by atoms with E-state index in [4.69, 9.17) is 5.73 Å². The Hall–Kier alpha value is -1.54. The molecule has 1 aromatic carbocycles. The molecule has 2 fully saturated rings. The molecule has 2 saturated heterocycles. The van der Waals surface area contributed by atoms with Crippen molar-refractivity contribution in [1.82, 2.24) is 15.5 Å². The summed E-state index contributed by atoms with van der Waals surface area (Å²) in [6.07, 6.45) is 2.58. The van der Waals surface area contributed by atoms with Gasteiger partial charge >= 0.3 is 0 Å². The van der Waals surface area contributed by atoms with Gasteiger partial charge in [-0.2, -0.15) is 0 Å². The second kappa shape index (κ2) is 7.57. The van der Waals surface area contributed by atoms with E-state index in [0.717, 1.165) is 32.4 Å². The van der Waals surface area contributed by atoms with E-state index in [1.165, 1.54) is 6.07 Å². The number of halogens is 1. The molecule has 24 heavy (non-hydrogen) atoms. The maximum atomic E-state index is 13.6. The number of carbonyl (C=O) groups is 1. The minimum Gasteiger partial charge on any atom is -0.323 e. The fourth-order valence-corrected chi connectivity index (χ4v) is 3.56. The SMILES string of the molecule is CC1CC(N2CCC(C(=O)Nc3ccccc3F)CC2)NC(N)N1. The number of amides is 1. The summed E-state index contributed by atoms with van der Waals surface area (Å²) < 4.78 is 13.6. The van der Waals surface area contributed by atoms with Crippen molar-refractivity contribution >= 4 is 11.6 Å². The molecule has 3 rings (SSSR count). The van der Waals surface area contributed by atoms with Crippen LogP contribution in [0.4, 0.5) is 10.1 Å². The molecule has 2 aliphatic rings. The first-order chi connectivity index (χ1) is 11.5. The summed E-state index contributed by atoms with van der Waals surface area (Å²) in [5.74, 6) is -0.568. The maximum Gasteiger partial charge on any atom is 0.227 e. The third kappa shape index (κ3) is 4.10. The highest BCUT2D eigenvalue weighted by Crippen LogP contribution is 2.23. The minimum atomic E-state index is -0.398. The Labute approximate surface area is 142 Å². The van der Waals surface area contributed by atoms with E-state index >= 15 is 0 Å². The van der Waals surface area contributed by atoms with Crippen molar-refractivity contribution in [3.63, 3.8) is 0 Å². The normalized spacial score (nSPS) is 29.4. The van der Waals surface area contributed by atoms with E-state index in [9.17, 15) is 9.18 Å². The molecule has 0 bridgehead atoms. The largest absolute Gasteiger partial charge is 0.323 e. The van der Waals surface area contributed by atoms with Crippen LogP contribution >= 0.6 is 0 Å². The molecule has 132 valence electrons. The average molecular weight is 335 g/mol. The summed E-state index contributed by atoms with van der Waals surface area (Å²) in [5.41, 5.74) is 6.20. The average Bonchev–Trinajstić information content (AvgIpc) is 2.56. The van der Waals surface area contributed by atoms with E-state index in [-0.39, 0.29) is 30.0 Å². The number of nitrogens with one attached hydrogen (secondary N) is 3. The summed E-state index contributed by atoms with van der Waals surface area (Å²) in [4.78, 5) is 14.7. The number of hydrogen-bond acceptors (Lipinski definition) is 5. The molecule has 0 saturated carbocycles. The number of para-hydroxylation sites is 1. The number of anilines is 1. The van der Waals surface area contributed by atoms with Gasteiger partial charge in [-0.1, -0.05) is 12.1 Å². The van der Waals surface area contributed by atoms with Crippen LogP contribution in [0.3, 0.4) is 0 Å². The molecule has 3 atom stereocenters. The second-order valence-electron chi connectivity index (χ2n) is 6.74. The summed E-state index contributed by atoms with van der Waals surface area (Å²) in [6, 6.07) is 6.64. The van der Waals surface area contributed by atoms with Crippen LogP contribution in [0.1, 0.15) is 26.2 Å². The van der Waals surface area contributed by atoms with Crippen molar-refractivity contribution in [2.24, 2.45) is 11.7 Å². The first-order valence-corrected chi connectivity index (χ1v) is 8.60. The molecule has 1 aromatic rings. The summed E-state index contributed by atoms with van der Waals surface area (Å²) >= 11 is 0. The molecule has 7 heteroatoms. The molecule has 6 nitrogen and oxygen atoms in total. The topological polar surface area (TPSA) is 82.4 Å². The highest BCUT2D eigenvalue weighted by Gasteiger charge is 2.32. The molecule has 0 aromatic heterocycles. The second-order valence-corrected chi connectivity index (χ2v) is 6.74. The van der Waals surface area contributed by atoms with Crippen molar-refractivity contribution in [3.05, 3.63) is 30.1 Å². The number of rotatable bonds is 3. The Bertz CT molecular complexity index is 566. The van der Waals surface area contributed by atoms with Crippen LogP contribution in [-0.4, -0.2) is 42.4 Å². The summed E-state index contributed by atoms with van der Waals surface area (Å²) in [5, 5.41) is 9.31. The van der Waals surface area contributed by atoms with Crippen molar-refractivity contribution in [1.29, 1.82) is 0 Å². The van der Waals surface area contributed by atoms with Gasteiger partial charge in [0.05, 0.1) is 11.9 Å². The lowest BCUT2D eigenvalue weighted by molar-refractivity contribution is -0.121. The monoisotopic (exact) mass is 335 g/mol. The molecule has 5 N–H and O–H groups in total. The molecule has 2 heterocycles. The number of nitrogens with two attached hydrogens (primary N) is 1. The molecule has 0 spiro atoms.